The lowest BCUT2D eigenvalue weighted by Crippen LogP contribution is -2.32. The Morgan fingerprint density at radius 3 is 2.68 bits per heavy atom. The summed E-state index contributed by atoms with van der Waals surface area (Å²) in [5.41, 5.74) is 2.29. The van der Waals surface area contributed by atoms with Crippen LogP contribution in [0.2, 0.25) is 0 Å². The van der Waals surface area contributed by atoms with Crippen LogP contribution in [0.25, 0.3) is 0 Å². The van der Waals surface area contributed by atoms with E-state index in [1.165, 1.54) is 5.56 Å². The Bertz CT molecular complexity index is 391. The van der Waals surface area contributed by atoms with E-state index in [4.69, 9.17) is 0 Å². The van der Waals surface area contributed by atoms with Gasteiger partial charge in [0.05, 0.1) is 6.54 Å². The van der Waals surface area contributed by atoms with Crippen molar-refractivity contribution in [2.75, 3.05) is 39.0 Å². The summed E-state index contributed by atoms with van der Waals surface area (Å²) in [5, 5.41) is 6.11. The van der Waals surface area contributed by atoms with Crippen LogP contribution in [0.4, 0.5) is 5.69 Å². The molecule has 0 spiro atoms. The molecule has 0 fully saturated rings. The average molecular weight is 263 g/mol. The second-order valence-corrected chi connectivity index (χ2v) is 4.87. The van der Waals surface area contributed by atoms with E-state index < -0.39 is 0 Å². The van der Waals surface area contributed by atoms with E-state index in [2.05, 4.69) is 28.5 Å². The third-order valence-electron chi connectivity index (χ3n) is 2.94. The van der Waals surface area contributed by atoms with E-state index in [1.807, 2.05) is 32.3 Å². The first kappa shape index (κ1) is 15.5. The van der Waals surface area contributed by atoms with Crippen LogP contribution in [-0.2, 0) is 11.2 Å². The van der Waals surface area contributed by atoms with Gasteiger partial charge in [0.25, 0.3) is 0 Å². The normalized spacial score (nSPS) is 10.5. The third-order valence-corrected chi connectivity index (χ3v) is 2.94. The maximum absolute atomic E-state index is 11.7. The van der Waals surface area contributed by atoms with Crippen molar-refractivity contribution in [3.63, 3.8) is 0 Å². The lowest BCUT2D eigenvalue weighted by Gasteiger charge is -2.12. The van der Waals surface area contributed by atoms with Crippen molar-refractivity contribution in [2.24, 2.45) is 0 Å². The molecule has 4 heteroatoms. The quantitative estimate of drug-likeness (QED) is 0.702. The summed E-state index contributed by atoms with van der Waals surface area (Å²) in [6.45, 7) is 4.17. The Hall–Kier alpha value is -1.55. The lowest BCUT2D eigenvalue weighted by atomic mass is 10.1. The van der Waals surface area contributed by atoms with Gasteiger partial charge in [0, 0.05) is 12.2 Å². The number of hydrogen-bond donors (Lipinski definition) is 2. The summed E-state index contributed by atoms with van der Waals surface area (Å²) in [4.78, 5) is 13.8. The molecule has 106 valence electrons. The Labute approximate surface area is 116 Å². The van der Waals surface area contributed by atoms with E-state index in [-0.39, 0.29) is 5.91 Å². The number of nitrogens with zero attached hydrogens (tertiary/aromatic N) is 1. The van der Waals surface area contributed by atoms with Crippen LogP contribution in [0, 0.1) is 0 Å². The first-order valence-corrected chi connectivity index (χ1v) is 6.86. The fraction of sp³-hybridized carbons (Fsp3) is 0.533. The Morgan fingerprint density at radius 2 is 2.00 bits per heavy atom. The molecule has 0 atom stereocenters. The largest absolute Gasteiger partial charge is 0.376 e. The maximum Gasteiger partial charge on any atom is 0.239 e. The predicted octanol–water partition coefficient (Wildman–Crippen LogP) is 1.73. The van der Waals surface area contributed by atoms with Crippen LogP contribution in [-0.4, -0.2) is 44.5 Å². The number of rotatable bonds is 8. The number of carbonyl (C=O) groups is 1. The molecule has 1 aromatic carbocycles. The highest BCUT2D eigenvalue weighted by Gasteiger charge is 2.03. The van der Waals surface area contributed by atoms with Crippen molar-refractivity contribution >= 4 is 11.6 Å². The minimum Gasteiger partial charge on any atom is -0.376 e. The molecule has 1 amide bonds. The van der Waals surface area contributed by atoms with Gasteiger partial charge in [-0.05, 0) is 45.1 Å². The molecule has 1 aromatic rings. The summed E-state index contributed by atoms with van der Waals surface area (Å²) in [6.07, 6.45) is 1.94. The molecule has 0 aliphatic heterocycles. The highest BCUT2D eigenvalue weighted by Crippen LogP contribution is 2.14. The third kappa shape index (κ3) is 6.25. The van der Waals surface area contributed by atoms with E-state index >= 15 is 0 Å². The number of benzene rings is 1. The SMILES string of the molecule is CCc1ccccc1NCC(=O)NCCCN(C)C. The molecular formula is C15H25N3O. The Balaban J connectivity index is 2.26. The van der Waals surface area contributed by atoms with Crippen molar-refractivity contribution in [3.8, 4) is 0 Å². The van der Waals surface area contributed by atoms with Crippen LogP contribution in [0.15, 0.2) is 24.3 Å². The van der Waals surface area contributed by atoms with Gasteiger partial charge in [-0.3, -0.25) is 4.79 Å². The van der Waals surface area contributed by atoms with Gasteiger partial charge in [0.1, 0.15) is 0 Å². The topological polar surface area (TPSA) is 44.4 Å². The number of carbonyl (C=O) groups excluding carboxylic acids is 1. The summed E-state index contributed by atoms with van der Waals surface area (Å²) < 4.78 is 0. The molecule has 0 saturated heterocycles. The van der Waals surface area contributed by atoms with Gasteiger partial charge < -0.3 is 15.5 Å². The molecule has 1 rings (SSSR count). The summed E-state index contributed by atoms with van der Waals surface area (Å²) in [6, 6.07) is 8.09. The van der Waals surface area contributed by atoms with Gasteiger partial charge in [0.2, 0.25) is 5.91 Å². The number of aryl methyl sites for hydroxylation is 1. The average Bonchev–Trinajstić information content (AvgIpc) is 2.41. The molecule has 0 aliphatic rings. The van der Waals surface area contributed by atoms with Crippen molar-refractivity contribution in [1.82, 2.24) is 10.2 Å². The molecule has 4 nitrogen and oxygen atoms in total. The van der Waals surface area contributed by atoms with Crippen LogP contribution in [0.1, 0.15) is 18.9 Å². The van der Waals surface area contributed by atoms with Crippen molar-refractivity contribution < 1.29 is 4.79 Å². The fourth-order valence-corrected chi connectivity index (χ4v) is 1.86. The fourth-order valence-electron chi connectivity index (χ4n) is 1.86. The Morgan fingerprint density at radius 1 is 1.26 bits per heavy atom. The van der Waals surface area contributed by atoms with Crippen LogP contribution in [0.3, 0.4) is 0 Å². The molecule has 0 unspecified atom stereocenters. The molecule has 19 heavy (non-hydrogen) atoms. The first-order chi connectivity index (χ1) is 9.13. The number of anilines is 1. The zero-order valence-corrected chi connectivity index (χ0v) is 12.2. The maximum atomic E-state index is 11.7. The van der Waals surface area contributed by atoms with E-state index in [9.17, 15) is 4.79 Å². The number of hydrogen-bond acceptors (Lipinski definition) is 3. The van der Waals surface area contributed by atoms with Crippen molar-refractivity contribution in [1.29, 1.82) is 0 Å². The first-order valence-electron chi connectivity index (χ1n) is 6.86. The molecule has 0 radical (unpaired) electrons. The van der Waals surface area contributed by atoms with E-state index in [1.54, 1.807) is 0 Å². The van der Waals surface area contributed by atoms with Crippen LogP contribution in [0.5, 0.6) is 0 Å². The molecule has 0 bridgehead atoms. The minimum atomic E-state index is 0.0460. The summed E-state index contributed by atoms with van der Waals surface area (Å²) in [5.74, 6) is 0.0460. The number of nitrogens with one attached hydrogen (secondary N) is 2. The van der Waals surface area contributed by atoms with Gasteiger partial charge in [-0.2, -0.15) is 0 Å². The molecule has 0 heterocycles. The zero-order chi connectivity index (χ0) is 14.1. The second kappa shape index (κ2) is 8.53. The van der Waals surface area contributed by atoms with Crippen LogP contribution < -0.4 is 10.6 Å². The summed E-state index contributed by atoms with van der Waals surface area (Å²) in [7, 11) is 4.07. The molecule has 0 aromatic heterocycles. The molecule has 0 aliphatic carbocycles. The van der Waals surface area contributed by atoms with Gasteiger partial charge in [0.15, 0.2) is 0 Å². The van der Waals surface area contributed by atoms with Gasteiger partial charge in [-0.15, -0.1) is 0 Å². The van der Waals surface area contributed by atoms with Crippen molar-refractivity contribution in [3.05, 3.63) is 29.8 Å². The van der Waals surface area contributed by atoms with Crippen LogP contribution >= 0.6 is 0 Å². The highest BCUT2D eigenvalue weighted by molar-refractivity contribution is 5.80. The van der Waals surface area contributed by atoms with E-state index in [0.717, 1.165) is 31.6 Å². The van der Waals surface area contributed by atoms with E-state index in [0.29, 0.717) is 6.54 Å². The predicted molar refractivity (Wildman–Crippen MR) is 80.5 cm³/mol. The minimum absolute atomic E-state index is 0.0460. The number of para-hydroxylation sites is 1. The lowest BCUT2D eigenvalue weighted by molar-refractivity contribution is -0.119. The molecule has 0 saturated carbocycles. The standard InChI is InChI=1S/C15H25N3O/c1-4-13-8-5-6-9-14(13)17-12-15(19)16-10-7-11-18(2)3/h5-6,8-9,17H,4,7,10-12H2,1-3H3,(H,16,19). The molecule has 2 N–H and O–H groups in total. The van der Waals surface area contributed by atoms with Crippen molar-refractivity contribution in [2.45, 2.75) is 19.8 Å². The smallest absolute Gasteiger partial charge is 0.239 e. The second-order valence-electron chi connectivity index (χ2n) is 4.87. The number of amides is 1. The van der Waals surface area contributed by atoms with Gasteiger partial charge >= 0.3 is 0 Å². The molecular weight excluding hydrogens is 238 g/mol. The van der Waals surface area contributed by atoms with Gasteiger partial charge in [-0.1, -0.05) is 25.1 Å². The summed E-state index contributed by atoms with van der Waals surface area (Å²) >= 11 is 0. The Kier molecular flexibility index (Phi) is 6.97. The monoisotopic (exact) mass is 263 g/mol. The highest BCUT2D eigenvalue weighted by atomic mass is 16.1. The zero-order valence-electron chi connectivity index (χ0n) is 12.2. The van der Waals surface area contributed by atoms with Gasteiger partial charge in [-0.25, -0.2) is 0 Å².